The molecule has 0 aliphatic carbocycles. The average molecular weight is 521 g/mol. The molecule has 9 heteroatoms. The standard InChI is InChI=1S/C28H33ClN6O2/c1-18(36)16-32-25-15-20(12-13-31-25)26(30)24(17-33-28(2,3)4)19-6-5-7-23(14-19)35-27(37)34-22-10-8-21(29)9-11-22/h5-15,17-18,36H,16,30H2,1-4H3,(H,31,32)(H2,34,35,37)/t18-/m1/s1. The van der Waals surface area contributed by atoms with Gasteiger partial charge in [0, 0.05) is 52.2 Å². The smallest absolute Gasteiger partial charge is 0.323 e. The predicted octanol–water partition coefficient (Wildman–Crippen LogP) is 5.87. The number of carbonyl (C=O) groups is 1. The van der Waals surface area contributed by atoms with Crippen LogP contribution in [0.5, 0.6) is 0 Å². The number of allylic oxidation sites excluding steroid dienone is 1. The van der Waals surface area contributed by atoms with Crippen LogP contribution in [0.2, 0.25) is 5.02 Å². The number of benzene rings is 2. The molecular weight excluding hydrogens is 488 g/mol. The Morgan fingerprint density at radius 1 is 1.08 bits per heavy atom. The van der Waals surface area contributed by atoms with Crippen LogP contribution in [-0.4, -0.2) is 40.5 Å². The molecule has 0 saturated heterocycles. The Labute approximate surface area is 222 Å². The van der Waals surface area contributed by atoms with Gasteiger partial charge in [0.15, 0.2) is 0 Å². The maximum absolute atomic E-state index is 12.6. The summed E-state index contributed by atoms with van der Waals surface area (Å²) in [5.74, 6) is 0.600. The van der Waals surface area contributed by atoms with Crippen LogP contribution in [-0.2, 0) is 0 Å². The van der Waals surface area contributed by atoms with Crippen molar-refractivity contribution in [2.24, 2.45) is 10.7 Å². The van der Waals surface area contributed by atoms with E-state index in [4.69, 9.17) is 17.3 Å². The second-order valence-electron chi connectivity index (χ2n) is 9.58. The third-order valence-electron chi connectivity index (χ3n) is 5.05. The summed E-state index contributed by atoms with van der Waals surface area (Å²) in [6, 6.07) is 17.5. The fraction of sp³-hybridized carbons (Fsp3) is 0.250. The van der Waals surface area contributed by atoms with Gasteiger partial charge >= 0.3 is 6.03 Å². The summed E-state index contributed by atoms with van der Waals surface area (Å²) in [6.07, 6.45) is 2.90. The lowest BCUT2D eigenvalue weighted by atomic mass is 10.00. The lowest BCUT2D eigenvalue weighted by molar-refractivity contribution is 0.208. The number of aromatic nitrogens is 1. The molecule has 0 bridgehead atoms. The average Bonchev–Trinajstić information content (AvgIpc) is 2.84. The maximum atomic E-state index is 12.6. The summed E-state index contributed by atoms with van der Waals surface area (Å²) in [6.45, 7) is 8.07. The van der Waals surface area contributed by atoms with E-state index < -0.39 is 6.10 Å². The van der Waals surface area contributed by atoms with Crippen LogP contribution in [0.1, 0.15) is 38.8 Å². The summed E-state index contributed by atoms with van der Waals surface area (Å²) < 4.78 is 0. The Hall–Kier alpha value is -3.88. The minimum atomic E-state index is -0.514. The molecular formula is C28H33ClN6O2. The lowest BCUT2D eigenvalue weighted by Gasteiger charge is -2.15. The number of nitrogens with two attached hydrogens (primary N) is 1. The van der Waals surface area contributed by atoms with Gasteiger partial charge in [-0.2, -0.15) is 0 Å². The van der Waals surface area contributed by atoms with Gasteiger partial charge in [-0.25, -0.2) is 9.78 Å². The van der Waals surface area contributed by atoms with Gasteiger partial charge in [-0.1, -0.05) is 23.7 Å². The summed E-state index contributed by atoms with van der Waals surface area (Å²) in [4.78, 5) is 21.5. The van der Waals surface area contributed by atoms with Crippen LogP contribution in [0.25, 0.3) is 11.3 Å². The first-order valence-electron chi connectivity index (χ1n) is 11.9. The molecule has 0 spiro atoms. The number of nitrogens with one attached hydrogen (secondary N) is 3. The number of carbonyl (C=O) groups excluding carboxylic acids is 1. The molecule has 1 aromatic heterocycles. The Bertz CT molecular complexity index is 1280. The van der Waals surface area contributed by atoms with Crippen LogP contribution in [0.15, 0.2) is 71.9 Å². The van der Waals surface area contributed by atoms with E-state index in [1.807, 2.05) is 51.1 Å². The van der Waals surface area contributed by atoms with E-state index >= 15 is 0 Å². The number of halogens is 1. The molecule has 0 fully saturated rings. The predicted molar refractivity (Wildman–Crippen MR) is 154 cm³/mol. The van der Waals surface area contributed by atoms with Gasteiger partial charge in [0.1, 0.15) is 5.82 Å². The number of hydrogen-bond acceptors (Lipinski definition) is 6. The molecule has 6 N–H and O–H groups in total. The highest BCUT2D eigenvalue weighted by Gasteiger charge is 2.13. The fourth-order valence-corrected chi connectivity index (χ4v) is 3.38. The highest BCUT2D eigenvalue weighted by atomic mass is 35.5. The van der Waals surface area contributed by atoms with Crippen molar-refractivity contribution in [1.29, 1.82) is 0 Å². The molecule has 194 valence electrons. The Kier molecular flexibility index (Phi) is 9.27. The fourth-order valence-electron chi connectivity index (χ4n) is 3.25. The number of hydrogen-bond donors (Lipinski definition) is 5. The molecule has 0 aliphatic heterocycles. The second-order valence-corrected chi connectivity index (χ2v) is 10.0. The van der Waals surface area contributed by atoms with Gasteiger partial charge in [-0.05, 0) is 81.8 Å². The first-order chi connectivity index (χ1) is 17.5. The number of urea groups is 1. The molecule has 3 rings (SSSR count). The zero-order valence-corrected chi connectivity index (χ0v) is 22.2. The van der Waals surface area contributed by atoms with Gasteiger partial charge in [-0.15, -0.1) is 0 Å². The van der Waals surface area contributed by atoms with Gasteiger partial charge in [0.2, 0.25) is 0 Å². The summed E-state index contributed by atoms with van der Waals surface area (Å²) >= 11 is 5.91. The topological polar surface area (TPSA) is 125 Å². The van der Waals surface area contributed by atoms with Gasteiger partial charge in [0.05, 0.1) is 11.6 Å². The zero-order valence-electron chi connectivity index (χ0n) is 21.4. The highest BCUT2D eigenvalue weighted by Crippen LogP contribution is 2.26. The number of anilines is 3. The molecule has 2 aromatic carbocycles. The molecule has 0 radical (unpaired) electrons. The molecule has 37 heavy (non-hydrogen) atoms. The number of nitrogens with zero attached hydrogens (tertiary/aromatic N) is 2. The Morgan fingerprint density at radius 2 is 1.78 bits per heavy atom. The zero-order chi connectivity index (χ0) is 27.0. The Balaban J connectivity index is 1.92. The summed E-state index contributed by atoms with van der Waals surface area (Å²) in [5, 5.41) is 18.9. The van der Waals surface area contributed by atoms with Gasteiger partial charge in [-0.3, -0.25) is 4.99 Å². The van der Waals surface area contributed by atoms with E-state index in [2.05, 4.69) is 25.9 Å². The number of rotatable bonds is 8. The highest BCUT2D eigenvalue weighted by molar-refractivity contribution is 6.30. The van der Waals surface area contributed by atoms with Crippen molar-refractivity contribution >= 4 is 52.3 Å². The van der Waals surface area contributed by atoms with Crippen LogP contribution < -0.4 is 21.7 Å². The lowest BCUT2D eigenvalue weighted by Crippen LogP contribution is -2.19. The monoisotopic (exact) mass is 520 g/mol. The van der Waals surface area contributed by atoms with Gasteiger partial charge in [0.25, 0.3) is 0 Å². The van der Waals surface area contributed by atoms with Crippen molar-refractivity contribution in [2.45, 2.75) is 39.3 Å². The summed E-state index contributed by atoms with van der Waals surface area (Å²) in [5.41, 5.74) is 10.3. The quantitative estimate of drug-likeness (QED) is 0.238. The molecule has 3 aromatic rings. The molecule has 0 saturated carbocycles. The van der Waals surface area contributed by atoms with E-state index in [1.54, 1.807) is 49.7 Å². The van der Waals surface area contributed by atoms with Crippen molar-refractivity contribution in [2.75, 3.05) is 22.5 Å². The van der Waals surface area contributed by atoms with Crippen molar-refractivity contribution in [3.05, 3.63) is 83.0 Å². The normalized spacial score (nSPS) is 13.1. The van der Waals surface area contributed by atoms with E-state index in [-0.39, 0.29) is 11.6 Å². The second kappa shape index (κ2) is 12.4. The number of amides is 2. The van der Waals surface area contributed by atoms with Crippen molar-refractivity contribution in [3.63, 3.8) is 0 Å². The maximum Gasteiger partial charge on any atom is 0.323 e. The number of aliphatic hydroxyl groups is 1. The van der Waals surface area contributed by atoms with Crippen LogP contribution in [0, 0.1) is 0 Å². The summed E-state index contributed by atoms with van der Waals surface area (Å²) in [7, 11) is 0. The number of pyridine rings is 1. The minimum Gasteiger partial charge on any atom is -0.398 e. The van der Waals surface area contributed by atoms with Crippen LogP contribution >= 0.6 is 11.6 Å². The number of aliphatic imine (C=N–C) groups is 1. The molecule has 1 heterocycles. The third-order valence-corrected chi connectivity index (χ3v) is 5.31. The SMILES string of the molecule is C[C@@H](O)CNc1cc(C(N)=C(C=NC(C)(C)C)c2cccc(NC(=O)Nc3ccc(Cl)cc3)c2)ccn1. The van der Waals surface area contributed by atoms with E-state index in [0.717, 1.165) is 11.1 Å². The molecule has 2 amide bonds. The Morgan fingerprint density at radius 3 is 2.46 bits per heavy atom. The molecule has 0 unspecified atom stereocenters. The minimum absolute atomic E-state index is 0.317. The van der Waals surface area contributed by atoms with Crippen LogP contribution in [0.3, 0.4) is 0 Å². The molecule has 0 aliphatic rings. The van der Waals surface area contributed by atoms with Crippen molar-refractivity contribution < 1.29 is 9.90 Å². The first kappa shape index (κ1) is 27.7. The third kappa shape index (κ3) is 8.93. The van der Waals surface area contributed by atoms with Gasteiger partial charge < -0.3 is 26.8 Å². The largest absolute Gasteiger partial charge is 0.398 e. The number of aliphatic hydroxyl groups excluding tert-OH is 1. The van der Waals surface area contributed by atoms with E-state index in [9.17, 15) is 9.90 Å². The van der Waals surface area contributed by atoms with Crippen LogP contribution in [0.4, 0.5) is 22.0 Å². The van der Waals surface area contributed by atoms with Crippen molar-refractivity contribution in [1.82, 2.24) is 4.98 Å². The van der Waals surface area contributed by atoms with E-state index in [1.165, 1.54) is 0 Å². The molecule has 8 nitrogen and oxygen atoms in total. The first-order valence-corrected chi connectivity index (χ1v) is 12.3. The van der Waals surface area contributed by atoms with Crippen molar-refractivity contribution in [3.8, 4) is 0 Å². The molecule has 1 atom stereocenters. The van der Waals surface area contributed by atoms with E-state index in [0.29, 0.717) is 40.0 Å².